The number of benzene rings is 4. The van der Waals surface area contributed by atoms with Gasteiger partial charge in [0.25, 0.3) is 11.4 Å². The summed E-state index contributed by atoms with van der Waals surface area (Å²) in [4.78, 5) is 30.3. The molecule has 43 heavy (non-hydrogen) atoms. The van der Waals surface area contributed by atoms with Gasteiger partial charge in [-0.3, -0.25) is 25.0 Å². The number of carbonyl (C=O) groups excluding carboxylic acids is 1. The maximum Gasteiger partial charge on any atom is 0.288 e. The first-order valence-corrected chi connectivity index (χ1v) is 14.1. The number of nitrogens with zero attached hydrogens (tertiary/aromatic N) is 2. The van der Waals surface area contributed by atoms with E-state index in [1.807, 2.05) is 62.4 Å². The summed E-state index contributed by atoms with van der Waals surface area (Å²) >= 11 is 23.0. The molecule has 0 heterocycles. The zero-order chi connectivity index (χ0) is 32.1. The van der Waals surface area contributed by atoms with Gasteiger partial charge in [0.05, 0.1) is 9.85 Å². The minimum Gasteiger partial charge on any atom is -0.324 e. The molecule has 0 aliphatic heterocycles. The van der Waals surface area contributed by atoms with Crippen LogP contribution in [0.5, 0.6) is 0 Å². The molecule has 3 N–H and O–H groups in total. The van der Waals surface area contributed by atoms with Gasteiger partial charge in [-0.1, -0.05) is 76.7 Å². The molecule has 0 unspecified atom stereocenters. The van der Waals surface area contributed by atoms with E-state index in [0.29, 0.717) is 17.9 Å². The van der Waals surface area contributed by atoms with Crippen LogP contribution < -0.4 is 11.1 Å². The maximum absolute atomic E-state index is 10.9. The van der Waals surface area contributed by atoms with E-state index in [1.165, 1.54) is 18.2 Å². The summed E-state index contributed by atoms with van der Waals surface area (Å²) in [5.74, 6) is 0. The summed E-state index contributed by atoms with van der Waals surface area (Å²) in [6.45, 7) is 4.45. The highest BCUT2D eigenvalue weighted by molar-refractivity contribution is 6.33. The van der Waals surface area contributed by atoms with E-state index >= 15 is 0 Å². The fourth-order valence-corrected chi connectivity index (χ4v) is 4.28. The zero-order valence-electron chi connectivity index (χ0n) is 23.0. The average Bonchev–Trinajstić information content (AvgIpc) is 2.97. The quantitative estimate of drug-likeness (QED) is 0.109. The van der Waals surface area contributed by atoms with Crippen molar-refractivity contribution in [1.29, 1.82) is 0 Å². The number of aldehydes is 1. The number of hydrogen-bond acceptors (Lipinski definition) is 7. The fraction of sp³-hybridized carbons (Fsp3) is 0.167. The summed E-state index contributed by atoms with van der Waals surface area (Å²) in [6, 6.07) is 24.0. The van der Waals surface area contributed by atoms with Gasteiger partial charge in [0.15, 0.2) is 0 Å². The van der Waals surface area contributed by atoms with Gasteiger partial charge in [0.1, 0.15) is 16.3 Å². The van der Waals surface area contributed by atoms with Gasteiger partial charge in [-0.15, -0.1) is 0 Å². The Bertz CT molecular complexity index is 1570. The van der Waals surface area contributed by atoms with E-state index in [4.69, 9.17) is 52.1 Å². The van der Waals surface area contributed by atoms with Crippen LogP contribution in [0.25, 0.3) is 0 Å². The van der Waals surface area contributed by atoms with Crippen LogP contribution in [-0.2, 0) is 6.54 Å². The van der Waals surface area contributed by atoms with E-state index in [1.54, 1.807) is 12.1 Å². The predicted octanol–water partition coefficient (Wildman–Crippen LogP) is 9.17. The van der Waals surface area contributed by atoms with Gasteiger partial charge in [-0.2, -0.15) is 0 Å². The molecule has 0 spiro atoms. The van der Waals surface area contributed by atoms with Crippen molar-refractivity contribution in [2.75, 3.05) is 0 Å². The largest absolute Gasteiger partial charge is 0.324 e. The lowest BCUT2D eigenvalue weighted by Gasteiger charge is -2.14. The van der Waals surface area contributed by atoms with Crippen LogP contribution in [0, 0.1) is 20.2 Å². The van der Waals surface area contributed by atoms with Crippen LogP contribution in [0.4, 0.5) is 11.4 Å². The number of nitro groups is 2. The number of nitrogens with two attached hydrogens (primary N) is 1. The van der Waals surface area contributed by atoms with Crippen molar-refractivity contribution in [3.05, 3.63) is 148 Å². The third-order valence-corrected chi connectivity index (χ3v) is 6.96. The van der Waals surface area contributed by atoms with Gasteiger partial charge in [0.2, 0.25) is 0 Å². The van der Waals surface area contributed by atoms with Crippen molar-refractivity contribution >= 4 is 64.1 Å². The molecule has 0 aliphatic carbocycles. The molecule has 9 nitrogen and oxygen atoms in total. The molecular weight excluding hydrogens is 638 g/mol. The second-order valence-corrected chi connectivity index (χ2v) is 10.8. The summed E-state index contributed by atoms with van der Waals surface area (Å²) < 4.78 is 0. The van der Waals surface area contributed by atoms with Crippen LogP contribution in [0.3, 0.4) is 0 Å². The van der Waals surface area contributed by atoms with Crippen molar-refractivity contribution in [2.45, 2.75) is 32.5 Å². The highest BCUT2D eigenvalue weighted by Gasteiger charge is 2.14. The molecule has 0 aliphatic rings. The Balaban J connectivity index is 0.000000248. The smallest absolute Gasteiger partial charge is 0.288 e. The highest BCUT2D eigenvalue weighted by Crippen LogP contribution is 2.26. The first-order chi connectivity index (χ1) is 20.3. The molecule has 0 saturated heterocycles. The lowest BCUT2D eigenvalue weighted by atomic mass is 10.1. The Morgan fingerprint density at radius 3 is 1.77 bits per heavy atom. The SMILES string of the molecule is C[C@@H](N)c1cccc(Cl)c1.C[C@@H](NCc1ccc(Cl)c([N+](=O)[O-])c1)c1cccc(Cl)c1.O=Cc1ccc(Cl)c([N+](=O)[O-])c1. The summed E-state index contributed by atoms with van der Waals surface area (Å²) in [6.07, 6.45) is 0.531. The first-order valence-electron chi connectivity index (χ1n) is 12.6. The third kappa shape index (κ3) is 11.9. The number of halogens is 4. The van der Waals surface area contributed by atoms with Crippen molar-refractivity contribution in [3.8, 4) is 0 Å². The van der Waals surface area contributed by atoms with Gasteiger partial charge in [-0.05, 0) is 73.0 Å². The molecule has 226 valence electrons. The van der Waals surface area contributed by atoms with E-state index in [0.717, 1.165) is 27.8 Å². The van der Waals surface area contributed by atoms with Crippen LogP contribution in [-0.4, -0.2) is 16.1 Å². The second kappa shape index (κ2) is 17.5. The molecule has 0 radical (unpaired) electrons. The minimum atomic E-state index is -0.630. The predicted molar refractivity (Wildman–Crippen MR) is 172 cm³/mol. The van der Waals surface area contributed by atoms with Crippen LogP contribution >= 0.6 is 46.4 Å². The molecule has 2 atom stereocenters. The molecular formula is C30H28Cl4N4O5. The van der Waals surface area contributed by atoms with Crippen LogP contribution in [0.2, 0.25) is 20.1 Å². The molecule has 0 aromatic heterocycles. The lowest BCUT2D eigenvalue weighted by Crippen LogP contribution is -2.18. The minimum absolute atomic E-state index is 0.0330. The highest BCUT2D eigenvalue weighted by atomic mass is 35.5. The fourth-order valence-electron chi connectivity index (χ4n) is 3.51. The Morgan fingerprint density at radius 2 is 1.28 bits per heavy atom. The van der Waals surface area contributed by atoms with Crippen molar-refractivity contribution in [1.82, 2.24) is 5.32 Å². The standard InChI is InChI=1S/C15H14Cl2N2O2.C8H10ClN.C7H4ClNO3/c1-10(12-3-2-4-13(16)8-12)18-9-11-5-6-14(17)15(7-11)19(20)21;1-6(10)7-3-2-4-8(9)5-7;8-6-2-1-5(4-10)3-7(6)9(11)12/h2-8,10,18H,9H2,1H3;2-6H,10H2,1H3;1-4H/t10-;6-;/m11./s1. The van der Waals surface area contributed by atoms with Crippen LogP contribution in [0.1, 0.15) is 53.0 Å². The second-order valence-electron chi connectivity index (χ2n) is 9.13. The molecule has 4 aromatic carbocycles. The molecule has 4 rings (SSSR count). The van der Waals surface area contributed by atoms with Gasteiger partial charge < -0.3 is 11.1 Å². The van der Waals surface area contributed by atoms with E-state index in [2.05, 4.69) is 5.32 Å². The summed E-state index contributed by atoms with van der Waals surface area (Å²) in [5.41, 5.74) is 8.48. The number of carbonyl (C=O) groups is 1. The topological polar surface area (TPSA) is 141 Å². The Kier molecular flexibility index (Phi) is 14.5. The average molecular weight is 666 g/mol. The molecule has 0 fully saturated rings. The molecule has 4 aromatic rings. The summed E-state index contributed by atoms with van der Waals surface area (Å²) in [7, 11) is 0. The number of hydrogen-bond donors (Lipinski definition) is 2. The number of nitro benzene ring substituents is 2. The molecule has 0 saturated carbocycles. The normalized spacial score (nSPS) is 11.6. The summed E-state index contributed by atoms with van der Waals surface area (Å²) in [5, 5.41) is 26.1. The Hall–Kier alpha value is -3.57. The molecule has 0 bridgehead atoms. The zero-order valence-corrected chi connectivity index (χ0v) is 26.1. The first kappa shape index (κ1) is 35.6. The number of rotatable bonds is 8. The maximum atomic E-state index is 10.9. The molecule has 13 heteroatoms. The van der Waals surface area contributed by atoms with Gasteiger partial charge in [0, 0.05) is 46.4 Å². The van der Waals surface area contributed by atoms with Crippen LogP contribution in [0.15, 0.2) is 84.9 Å². The lowest BCUT2D eigenvalue weighted by molar-refractivity contribution is -0.384. The van der Waals surface area contributed by atoms with Crippen molar-refractivity contribution < 1.29 is 14.6 Å². The number of nitrogens with one attached hydrogen (secondary N) is 1. The van der Waals surface area contributed by atoms with E-state index in [9.17, 15) is 25.0 Å². The third-order valence-electron chi connectivity index (χ3n) is 5.85. The van der Waals surface area contributed by atoms with Gasteiger partial charge >= 0.3 is 0 Å². The van der Waals surface area contributed by atoms with Gasteiger partial charge in [-0.25, -0.2) is 0 Å². The monoisotopic (exact) mass is 664 g/mol. The van der Waals surface area contributed by atoms with Crippen molar-refractivity contribution in [3.63, 3.8) is 0 Å². The van der Waals surface area contributed by atoms with Crippen molar-refractivity contribution in [2.24, 2.45) is 5.73 Å². The Morgan fingerprint density at radius 1 is 0.767 bits per heavy atom. The molecule has 0 amide bonds. The van der Waals surface area contributed by atoms with E-state index in [-0.39, 0.29) is 39.1 Å². The Labute approximate surface area is 268 Å². The van der Waals surface area contributed by atoms with E-state index < -0.39 is 9.85 Å².